The van der Waals surface area contributed by atoms with Crippen LogP contribution in [0.3, 0.4) is 0 Å². The van der Waals surface area contributed by atoms with Gasteiger partial charge in [-0.3, -0.25) is 28.8 Å². The largest absolute Gasteiger partial charge is 0.508 e. The van der Waals surface area contributed by atoms with Crippen LogP contribution in [0.2, 0.25) is 0 Å². The van der Waals surface area contributed by atoms with Crippen LogP contribution in [0.1, 0.15) is 51.2 Å². The second-order valence-electron chi connectivity index (χ2n) is 13.2. The lowest BCUT2D eigenvalue weighted by Crippen LogP contribution is -2.59. The van der Waals surface area contributed by atoms with Crippen LogP contribution in [0, 0.1) is 10.1 Å². The number of phenolic OH excluding ortho intramolecular Hbond substituents is 1. The average Bonchev–Trinajstić information content (AvgIpc) is 3.15. The molecule has 0 spiro atoms. The second kappa shape index (κ2) is 23.5. The first-order chi connectivity index (χ1) is 26.9. The van der Waals surface area contributed by atoms with E-state index in [1.165, 1.54) is 45.0 Å². The molecule has 0 aliphatic heterocycles. The minimum absolute atomic E-state index is 0.0476. The first-order valence-corrected chi connectivity index (χ1v) is 18.0. The molecule has 0 fully saturated rings. The van der Waals surface area contributed by atoms with Crippen molar-refractivity contribution in [2.75, 3.05) is 13.1 Å². The van der Waals surface area contributed by atoms with Gasteiger partial charge in [0, 0.05) is 12.8 Å². The fraction of sp³-hybridized carbons (Fsp3) is 0.472. The lowest BCUT2D eigenvalue weighted by atomic mass is 10.0. The van der Waals surface area contributed by atoms with Gasteiger partial charge in [-0.2, -0.15) is 0 Å². The van der Waals surface area contributed by atoms with E-state index in [9.17, 15) is 59.0 Å². The predicted molar refractivity (Wildman–Crippen MR) is 202 cm³/mol. The summed E-state index contributed by atoms with van der Waals surface area (Å²) >= 11 is 0. The summed E-state index contributed by atoms with van der Waals surface area (Å²) in [7, 11) is 0. The highest BCUT2D eigenvalue weighted by molar-refractivity contribution is 5.96. The molecule has 0 aliphatic carbocycles. The number of benzene rings is 2. The van der Waals surface area contributed by atoms with Gasteiger partial charge in [0.1, 0.15) is 36.0 Å². The molecule has 7 atom stereocenters. The van der Waals surface area contributed by atoms with Crippen molar-refractivity contribution >= 4 is 41.4 Å². The molecule has 0 unspecified atom stereocenters. The van der Waals surface area contributed by atoms with E-state index in [1.807, 2.05) is 5.43 Å². The molecule has 0 aliphatic rings. The molecule has 0 saturated carbocycles. The number of hydrogen-bond donors (Lipinski definition) is 11. The van der Waals surface area contributed by atoms with Crippen LogP contribution in [-0.2, 0) is 46.4 Å². The van der Waals surface area contributed by atoms with Gasteiger partial charge in [-0.15, -0.1) is 5.43 Å². The number of amides is 6. The van der Waals surface area contributed by atoms with Gasteiger partial charge in [0.15, 0.2) is 11.1 Å². The van der Waals surface area contributed by atoms with Crippen molar-refractivity contribution in [2.45, 2.75) is 95.2 Å². The number of unbranched alkanes of at least 4 members (excludes halogenated alkanes) is 1. The van der Waals surface area contributed by atoms with Crippen molar-refractivity contribution < 1.29 is 53.9 Å². The second-order valence-corrected chi connectivity index (χ2v) is 13.2. The lowest BCUT2D eigenvalue weighted by Gasteiger charge is -2.26. The van der Waals surface area contributed by atoms with E-state index >= 15 is 0 Å². The number of aliphatic hydroxyl groups excluding tert-OH is 1. The minimum atomic E-state index is -1.62. The van der Waals surface area contributed by atoms with Gasteiger partial charge in [0.2, 0.25) is 35.4 Å². The van der Waals surface area contributed by atoms with E-state index in [-0.39, 0.29) is 25.0 Å². The van der Waals surface area contributed by atoms with Crippen molar-refractivity contribution in [2.24, 2.45) is 5.73 Å². The van der Waals surface area contributed by atoms with Gasteiger partial charge >= 0.3 is 5.97 Å². The number of nitro groups is 1. The van der Waals surface area contributed by atoms with Gasteiger partial charge in [-0.05, 0) is 69.8 Å². The number of nitrogens with two attached hydrogens (primary N) is 1. The molecule has 6 amide bonds. The molecule has 0 saturated heterocycles. The van der Waals surface area contributed by atoms with Crippen molar-refractivity contribution in [1.82, 2.24) is 37.3 Å². The van der Waals surface area contributed by atoms with Crippen molar-refractivity contribution in [3.63, 3.8) is 0 Å². The van der Waals surface area contributed by atoms with E-state index in [2.05, 4.69) is 31.9 Å². The van der Waals surface area contributed by atoms with Crippen LogP contribution >= 0.6 is 0 Å². The number of aromatic hydroxyl groups is 1. The highest BCUT2D eigenvalue weighted by atomic mass is 16.7. The molecule has 2 aromatic carbocycles. The van der Waals surface area contributed by atoms with Crippen LogP contribution < -0.4 is 43.1 Å². The Labute approximate surface area is 328 Å². The SMILES string of the molecule is C[C@H](NC(=O)[C@H](C)NC(=O)[C@H](Cc1ccc(O)cc1)N[N+](=O)[O-])C(=O)NCC(=O)N[C@H](C(=O)N[C@@H](Cc1ccccc1)C(=O)N[C@@H](CCCCN)C(=O)O)[C@@H](C)O. The summed E-state index contributed by atoms with van der Waals surface area (Å²) in [5, 5.41) is 53.8. The zero-order valence-corrected chi connectivity index (χ0v) is 31.7. The van der Waals surface area contributed by atoms with Crippen LogP contribution in [0.25, 0.3) is 0 Å². The highest BCUT2D eigenvalue weighted by Crippen LogP contribution is 2.12. The van der Waals surface area contributed by atoms with E-state index in [0.29, 0.717) is 30.5 Å². The molecule has 57 heavy (non-hydrogen) atoms. The maximum absolute atomic E-state index is 13.4. The molecule has 312 valence electrons. The van der Waals surface area contributed by atoms with Gasteiger partial charge < -0.3 is 53.0 Å². The van der Waals surface area contributed by atoms with Crippen molar-refractivity contribution in [1.29, 1.82) is 0 Å². The number of carbonyl (C=O) groups is 7. The van der Waals surface area contributed by atoms with Crippen LogP contribution in [0.15, 0.2) is 54.6 Å². The number of hydrogen-bond acceptors (Lipinski definition) is 12. The third kappa shape index (κ3) is 16.9. The summed E-state index contributed by atoms with van der Waals surface area (Å²) in [6.07, 6.45) is -0.671. The fourth-order valence-corrected chi connectivity index (χ4v) is 5.27. The molecule has 21 nitrogen and oxygen atoms in total. The summed E-state index contributed by atoms with van der Waals surface area (Å²) < 4.78 is 0. The van der Waals surface area contributed by atoms with Crippen molar-refractivity contribution in [3.8, 4) is 5.75 Å². The summed E-state index contributed by atoms with van der Waals surface area (Å²) in [5.41, 5.74) is 8.46. The van der Waals surface area contributed by atoms with E-state index < -0.39 is 95.3 Å². The zero-order valence-electron chi connectivity index (χ0n) is 31.7. The Morgan fingerprint density at radius 3 is 1.82 bits per heavy atom. The molecule has 2 rings (SSSR count). The number of carboxylic acid groups (broad SMARTS) is 1. The monoisotopic (exact) mass is 801 g/mol. The Morgan fingerprint density at radius 2 is 1.25 bits per heavy atom. The summed E-state index contributed by atoms with van der Waals surface area (Å²) in [5.74, 6) is -6.66. The number of phenols is 1. The molecule has 2 aromatic rings. The van der Waals surface area contributed by atoms with Crippen molar-refractivity contribution in [3.05, 3.63) is 75.8 Å². The average molecular weight is 802 g/mol. The molecule has 0 heterocycles. The van der Waals surface area contributed by atoms with Gasteiger partial charge in [-0.25, -0.2) is 14.9 Å². The summed E-state index contributed by atoms with van der Waals surface area (Å²) in [4.78, 5) is 101. The molecule has 12 N–H and O–H groups in total. The number of carboxylic acids is 1. The first-order valence-electron chi connectivity index (χ1n) is 18.0. The number of hydrazine groups is 1. The summed E-state index contributed by atoms with van der Waals surface area (Å²) in [6, 6.07) is 5.98. The number of carbonyl (C=O) groups excluding carboxylic acids is 6. The molecule has 21 heteroatoms. The number of nitrogens with zero attached hydrogens (tertiary/aromatic N) is 1. The number of aliphatic hydroxyl groups is 1. The topological polar surface area (TPSA) is 334 Å². The Kier molecular flexibility index (Phi) is 19.3. The Balaban J connectivity index is 1.99. The fourth-order valence-electron chi connectivity index (χ4n) is 5.27. The Hall–Kier alpha value is -6.35. The van der Waals surface area contributed by atoms with Gasteiger partial charge in [0.05, 0.1) is 12.6 Å². The Morgan fingerprint density at radius 1 is 0.702 bits per heavy atom. The van der Waals surface area contributed by atoms with E-state index in [1.54, 1.807) is 30.3 Å². The van der Waals surface area contributed by atoms with E-state index in [0.717, 1.165) is 0 Å². The number of rotatable bonds is 24. The maximum Gasteiger partial charge on any atom is 0.326 e. The maximum atomic E-state index is 13.4. The molecule has 0 bridgehead atoms. The summed E-state index contributed by atoms with van der Waals surface area (Å²) in [6.45, 7) is 3.37. The molecular formula is C36H51N9O12. The molecule has 0 aromatic heterocycles. The smallest absolute Gasteiger partial charge is 0.326 e. The van der Waals surface area contributed by atoms with E-state index in [4.69, 9.17) is 5.73 Å². The lowest BCUT2D eigenvalue weighted by molar-refractivity contribution is -0.548. The van der Waals surface area contributed by atoms with Crippen LogP contribution in [-0.4, -0.2) is 117 Å². The van der Waals surface area contributed by atoms with Gasteiger partial charge in [0.25, 0.3) is 0 Å². The normalized spacial score (nSPS) is 14.5. The standard InChI is InChI=1S/C36H51N9O12/c1-20(39-32(50)21(2)40-34(52)28(44-45(56)57)18-24-12-14-25(47)15-13-24)31(49)38-19-29(48)43-30(22(3)46)35(53)42-27(17-23-9-5-4-6-10-23)33(51)41-26(36(54)55)11-7-8-16-37/h4-6,9-10,12-15,20-22,26-28,30,44,46-47H,7-8,11,16-19,37H2,1-3H3,(H,38,49)(H,39,50)(H,40,52)(H,41,51)(H,42,53)(H,43,48)(H,54,55)/t20-,21-,22+,26-,27-,28-,30-/m0/s1. The van der Waals surface area contributed by atoms with Gasteiger partial charge in [-0.1, -0.05) is 42.5 Å². The number of aliphatic carboxylic acids is 1. The molecule has 0 radical (unpaired) electrons. The van der Waals surface area contributed by atoms with Crippen LogP contribution in [0.4, 0.5) is 0 Å². The van der Waals surface area contributed by atoms with Crippen LogP contribution in [0.5, 0.6) is 5.75 Å². The first kappa shape index (κ1) is 46.8. The Bertz CT molecular complexity index is 1700. The third-order valence-corrected chi connectivity index (χ3v) is 8.44. The zero-order chi connectivity index (χ0) is 42.7. The predicted octanol–water partition coefficient (Wildman–Crippen LogP) is -2.50. The molecular weight excluding hydrogens is 750 g/mol. The third-order valence-electron chi connectivity index (χ3n) is 8.44. The highest BCUT2D eigenvalue weighted by Gasteiger charge is 2.32. The number of nitrogens with one attached hydrogen (secondary N) is 7. The quantitative estimate of drug-likeness (QED) is 0.0297. The minimum Gasteiger partial charge on any atom is -0.508 e.